The Morgan fingerprint density at radius 2 is 1.12 bits per heavy atom. The van der Waals surface area contributed by atoms with E-state index < -0.39 is 9.85 Å². The predicted octanol–water partition coefficient (Wildman–Crippen LogP) is 4.23. The third kappa shape index (κ3) is 3.09. The van der Waals surface area contributed by atoms with Crippen LogP contribution in [0.2, 0.25) is 0 Å². The minimum absolute atomic E-state index is 0.00625. The minimum atomic E-state index is -0.457. The molecule has 0 aliphatic carbocycles. The van der Waals surface area contributed by atoms with Gasteiger partial charge in [0.15, 0.2) is 0 Å². The number of nitro benzene ring substituents is 2. The molecule has 7 nitrogen and oxygen atoms in total. The second-order valence-electron chi connectivity index (χ2n) is 5.08. The van der Waals surface area contributed by atoms with Gasteiger partial charge < -0.3 is 0 Å². The number of benzene rings is 2. The third-order valence-corrected chi connectivity index (χ3v) is 3.52. The lowest BCUT2D eigenvalue weighted by Gasteiger charge is -2.05. The third-order valence-electron chi connectivity index (χ3n) is 3.52. The molecule has 118 valence electrons. The number of hydrogen-bond acceptors (Lipinski definition) is 5. The first-order chi connectivity index (χ1) is 11.5. The molecule has 2 aromatic carbocycles. The van der Waals surface area contributed by atoms with E-state index in [0.717, 1.165) is 0 Å². The number of nitro groups is 2. The average Bonchev–Trinajstić information content (AvgIpc) is 2.62. The molecule has 0 radical (unpaired) electrons. The molecule has 0 amide bonds. The van der Waals surface area contributed by atoms with E-state index in [9.17, 15) is 20.2 Å². The van der Waals surface area contributed by atoms with Gasteiger partial charge in [0.25, 0.3) is 11.4 Å². The molecule has 3 rings (SSSR count). The van der Waals surface area contributed by atoms with Crippen molar-refractivity contribution in [2.45, 2.75) is 0 Å². The molecule has 0 N–H and O–H groups in total. The number of pyridine rings is 1. The van der Waals surface area contributed by atoms with Crippen LogP contribution in [-0.2, 0) is 0 Å². The molecule has 0 aliphatic rings. The van der Waals surface area contributed by atoms with E-state index in [2.05, 4.69) is 4.98 Å². The maximum Gasteiger partial charge on any atom is 0.270 e. The van der Waals surface area contributed by atoms with Gasteiger partial charge in [-0.2, -0.15) is 0 Å². The molecule has 0 fully saturated rings. The number of nitrogens with zero attached hydrogens (tertiary/aromatic N) is 3. The molecular weight excluding hydrogens is 310 g/mol. The molecule has 0 spiro atoms. The van der Waals surface area contributed by atoms with Crippen LogP contribution in [0.15, 0.2) is 67.0 Å². The summed E-state index contributed by atoms with van der Waals surface area (Å²) in [7, 11) is 0. The second kappa shape index (κ2) is 6.25. The van der Waals surface area contributed by atoms with Crippen LogP contribution in [-0.4, -0.2) is 14.8 Å². The van der Waals surface area contributed by atoms with E-state index in [0.29, 0.717) is 22.3 Å². The first kappa shape index (κ1) is 15.3. The highest BCUT2D eigenvalue weighted by atomic mass is 16.6. The fourth-order valence-electron chi connectivity index (χ4n) is 2.35. The Hall–Kier alpha value is -3.61. The van der Waals surface area contributed by atoms with E-state index in [1.807, 2.05) is 0 Å². The maximum atomic E-state index is 10.9. The van der Waals surface area contributed by atoms with E-state index in [1.165, 1.54) is 24.3 Å². The van der Waals surface area contributed by atoms with Crippen LogP contribution < -0.4 is 0 Å². The summed E-state index contributed by atoms with van der Waals surface area (Å²) in [6.45, 7) is 0. The van der Waals surface area contributed by atoms with Crippen LogP contribution in [0.25, 0.3) is 22.3 Å². The average molecular weight is 321 g/mol. The summed E-state index contributed by atoms with van der Waals surface area (Å²) in [5.74, 6) is 0. The Morgan fingerprint density at radius 3 is 1.54 bits per heavy atom. The van der Waals surface area contributed by atoms with Gasteiger partial charge in [-0.1, -0.05) is 24.3 Å². The highest BCUT2D eigenvalue weighted by Crippen LogP contribution is 2.29. The quantitative estimate of drug-likeness (QED) is 0.529. The Balaban J connectivity index is 2.04. The van der Waals surface area contributed by atoms with Crippen LogP contribution in [0.5, 0.6) is 0 Å². The van der Waals surface area contributed by atoms with Crippen molar-refractivity contribution in [2.75, 3.05) is 0 Å². The summed E-state index contributed by atoms with van der Waals surface area (Å²) in [6.07, 6.45) is 3.19. The SMILES string of the molecule is O=[N+]([O-])c1cccc(-c2cncc(-c3cccc([N+](=O)[O-])c3)c2)c1. The topological polar surface area (TPSA) is 99.2 Å². The van der Waals surface area contributed by atoms with Gasteiger partial charge in [0, 0.05) is 47.8 Å². The monoisotopic (exact) mass is 321 g/mol. The zero-order chi connectivity index (χ0) is 17.1. The highest BCUT2D eigenvalue weighted by molar-refractivity contribution is 5.73. The number of non-ortho nitro benzene ring substituents is 2. The zero-order valence-electron chi connectivity index (χ0n) is 12.3. The lowest BCUT2D eigenvalue weighted by Crippen LogP contribution is -1.90. The van der Waals surface area contributed by atoms with Crippen LogP contribution in [0.4, 0.5) is 11.4 Å². The summed E-state index contributed by atoms with van der Waals surface area (Å²) >= 11 is 0. The second-order valence-corrected chi connectivity index (χ2v) is 5.08. The van der Waals surface area contributed by atoms with Gasteiger partial charge in [-0.05, 0) is 17.2 Å². The summed E-state index contributed by atoms with van der Waals surface area (Å²) in [5.41, 5.74) is 2.69. The van der Waals surface area contributed by atoms with Gasteiger partial charge >= 0.3 is 0 Å². The predicted molar refractivity (Wildman–Crippen MR) is 88.4 cm³/mol. The molecule has 1 heterocycles. The fourth-order valence-corrected chi connectivity index (χ4v) is 2.35. The summed E-state index contributed by atoms with van der Waals surface area (Å²) in [5, 5.41) is 21.8. The Labute approximate surface area is 136 Å². The van der Waals surface area contributed by atoms with Crippen molar-refractivity contribution in [3.8, 4) is 22.3 Å². The van der Waals surface area contributed by atoms with Gasteiger partial charge in [0.1, 0.15) is 0 Å². The number of rotatable bonds is 4. The van der Waals surface area contributed by atoms with Crippen molar-refractivity contribution in [3.05, 3.63) is 87.2 Å². The number of aromatic nitrogens is 1. The normalized spacial score (nSPS) is 10.3. The Morgan fingerprint density at radius 1 is 0.667 bits per heavy atom. The van der Waals surface area contributed by atoms with Gasteiger partial charge in [0.2, 0.25) is 0 Å². The summed E-state index contributed by atoms with van der Waals surface area (Å²) < 4.78 is 0. The molecule has 0 atom stereocenters. The molecule has 7 heteroatoms. The van der Waals surface area contributed by atoms with Crippen molar-refractivity contribution in [1.82, 2.24) is 4.98 Å². The van der Waals surface area contributed by atoms with Crippen molar-refractivity contribution in [3.63, 3.8) is 0 Å². The summed E-state index contributed by atoms with van der Waals surface area (Å²) in [6, 6.07) is 14.3. The lowest BCUT2D eigenvalue weighted by atomic mass is 10.0. The lowest BCUT2D eigenvalue weighted by molar-refractivity contribution is -0.385. The maximum absolute atomic E-state index is 10.9. The molecule has 0 saturated heterocycles. The molecular formula is C17H11N3O4. The van der Waals surface area contributed by atoms with Crippen LogP contribution >= 0.6 is 0 Å². The van der Waals surface area contributed by atoms with Crippen molar-refractivity contribution in [2.24, 2.45) is 0 Å². The molecule has 0 bridgehead atoms. The van der Waals surface area contributed by atoms with Crippen molar-refractivity contribution in [1.29, 1.82) is 0 Å². The van der Waals surface area contributed by atoms with Crippen LogP contribution in [0.3, 0.4) is 0 Å². The van der Waals surface area contributed by atoms with E-state index in [4.69, 9.17) is 0 Å². The van der Waals surface area contributed by atoms with Gasteiger partial charge in [-0.25, -0.2) is 0 Å². The number of hydrogen-bond donors (Lipinski definition) is 0. The van der Waals surface area contributed by atoms with Crippen molar-refractivity contribution < 1.29 is 9.85 Å². The van der Waals surface area contributed by atoms with E-state index in [-0.39, 0.29) is 11.4 Å². The molecule has 1 aromatic heterocycles. The van der Waals surface area contributed by atoms with Crippen LogP contribution in [0.1, 0.15) is 0 Å². The first-order valence-electron chi connectivity index (χ1n) is 6.99. The highest BCUT2D eigenvalue weighted by Gasteiger charge is 2.10. The molecule has 0 unspecified atom stereocenters. The minimum Gasteiger partial charge on any atom is -0.263 e. The van der Waals surface area contributed by atoms with Gasteiger partial charge in [-0.15, -0.1) is 0 Å². The zero-order valence-corrected chi connectivity index (χ0v) is 12.3. The Kier molecular flexibility index (Phi) is 3.98. The van der Waals surface area contributed by atoms with E-state index in [1.54, 1.807) is 42.7 Å². The molecule has 24 heavy (non-hydrogen) atoms. The summed E-state index contributed by atoms with van der Waals surface area (Å²) in [4.78, 5) is 25.0. The smallest absolute Gasteiger partial charge is 0.263 e. The molecule has 0 saturated carbocycles. The Bertz CT molecular complexity index is 868. The van der Waals surface area contributed by atoms with Crippen molar-refractivity contribution >= 4 is 11.4 Å². The fraction of sp³-hybridized carbons (Fsp3) is 0. The van der Waals surface area contributed by atoms with E-state index >= 15 is 0 Å². The largest absolute Gasteiger partial charge is 0.270 e. The van der Waals surface area contributed by atoms with Gasteiger partial charge in [0.05, 0.1) is 9.85 Å². The molecule has 3 aromatic rings. The van der Waals surface area contributed by atoms with Gasteiger partial charge in [-0.3, -0.25) is 25.2 Å². The standard InChI is InChI=1S/C17H11N3O4/c21-19(22)16-5-1-3-12(8-16)14-7-15(11-18-10-14)13-4-2-6-17(9-13)20(23)24/h1-11H. The van der Waals surface area contributed by atoms with Crippen LogP contribution in [0, 0.1) is 20.2 Å². The molecule has 0 aliphatic heterocycles. The first-order valence-corrected chi connectivity index (χ1v) is 6.99.